The molecule has 76 valence electrons. The lowest BCUT2D eigenvalue weighted by molar-refractivity contribution is -0.120. The van der Waals surface area contributed by atoms with Gasteiger partial charge >= 0.3 is 0 Å². The Labute approximate surface area is 94.9 Å². The first-order chi connectivity index (χ1) is 6.50. The van der Waals surface area contributed by atoms with Crippen molar-refractivity contribution in [1.82, 2.24) is 4.98 Å². The third-order valence-corrected chi connectivity index (χ3v) is 2.15. The first kappa shape index (κ1) is 11.4. The summed E-state index contributed by atoms with van der Waals surface area (Å²) in [5.74, 6) is -0.603. The molecule has 0 radical (unpaired) electrons. The molecule has 1 rings (SSSR count). The fourth-order valence-electron chi connectivity index (χ4n) is 0.669. The van der Waals surface area contributed by atoms with Gasteiger partial charge in [0.2, 0.25) is 5.88 Å². The Morgan fingerprint density at radius 1 is 1.43 bits per heavy atom. The number of rotatable bonds is 3. The van der Waals surface area contributed by atoms with Crippen LogP contribution in [0.1, 0.15) is 0 Å². The standard InChI is InChI=1S/C7H5Cl3N2O2/c8-3-1-4(9)7(12-6(3)10)14-2-5(11)13/h1H,2H2,(H2,11,13). The lowest BCUT2D eigenvalue weighted by atomic mass is 10.5. The van der Waals surface area contributed by atoms with Crippen molar-refractivity contribution in [3.63, 3.8) is 0 Å². The summed E-state index contributed by atoms with van der Waals surface area (Å²) < 4.78 is 4.87. The Bertz CT molecular complexity index is 370. The molecular weight excluding hydrogens is 250 g/mol. The number of amides is 1. The topological polar surface area (TPSA) is 65.2 Å². The lowest BCUT2D eigenvalue weighted by Gasteiger charge is -2.05. The zero-order chi connectivity index (χ0) is 10.7. The largest absolute Gasteiger partial charge is 0.466 e. The number of halogens is 3. The molecule has 0 unspecified atom stereocenters. The van der Waals surface area contributed by atoms with Crippen LogP contribution in [0.2, 0.25) is 15.2 Å². The molecule has 1 aromatic rings. The van der Waals surface area contributed by atoms with Crippen molar-refractivity contribution >= 4 is 40.7 Å². The molecule has 2 N–H and O–H groups in total. The minimum absolute atomic E-state index is 0.0277. The van der Waals surface area contributed by atoms with Crippen molar-refractivity contribution in [2.24, 2.45) is 5.73 Å². The van der Waals surface area contributed by atoms with Gasteiger partial charge in [0.25, 0.3) is 5.91 Å². The van der Waals surface area contributed by atoms with E-state index in [1.165, 1.54) is 6.07 Å². The van der Waals surface area contributed by atoms with Crippen LogP contribution in [-0.2, 0) is 4.79 Å². The average molecular weight is 255 g/mol. The van der Waals surface area contributed by atoms with Gasteiger partial charge in [-0.1, -0.05) is 34.8 Å². The second-order valence-electron chi connectivity index (χ2n) is 2.30. The van der Waals surface area contributed by atoms with Crippen LogP contribution >= 0.6 is 34.8 Å². The van der Waals surface area contributed by atoms with Crippen molar-refractivity contribution < 1.29 is 9.53 Å². The number of hydrogen-bond acceptors (Lipinski definition) is 3. The molecule has 1 amide bonds. The van der Waals surface area contributed by atoms with Gasteiger partial charge in [-0.15, -0.1) is 0 Å². The first-order valence-electron chi connectivity index (χ1n) is 3.43. The predicted octanol–water partition coefficient (Wildman–Crippen LogP) is 1.91. The molecule has 0 fully saturated rings. The highest BCUT2D eigenvalue weighted by Crippen LogP contribution is 2.30. The predicted molar refractivity (Wildman–Crippen MR) is 54.0 cm³/mol. The van der Waals surface area contributed by atoms with Crippen molar-refractivity contribution in [3.05, 3.63) is 21.3 Å². The number of aromatic nitrogens is 1. The lowest BCUT2D eigenvalue weighted by Crippen LogP contribution is -2.20. The zero-order valence-corrected chi connectivity index (χ0v) is 9.03. The fourth-order valence-corrected chi connectivity index (χ4v) is 1.21. The third kappa shape index (κ3) is 2.90. The van der Waals surface area contributed by atoms with Crippen LogP contribution in [0.3, 0.4) is 0 Å². The summed E-state index contributed by atoms with van der Waals surface area (Å²) in [5, 5.41) is 0.430. The molecule has 0 saturated heterocycles. The van der Waals surface area contributed by atoms with E-state index in [-0.39, 0.29) is 27.7 Å². The Kier molecular flexibility index (Phi) is 3.80. The summed E-state index contributed by atoms with van der Waals surface area (Å²) in [6, 6.07) is 1.37. The van der Waals surface area contributed by atoms with E-state index in [0.29, 0.717) is 0 Å². The van der Waals surface area contributed by atoms with E-state index < -0.39 is 5.91 Å². The average Bonchev–Trinajstić information content (AvgIpc) is 2.09. The van der Waals surface area contributed by atoms with Crippen LogP contribution in [-0.4, -0.2) is 17.5 Å². The number of pyridine rings is 1. The van der Waals surface area contributed by atoms with Gasteiger partial charge in [0, 0.05) is 0 Å². The smallest absolute Gasteiger partial charge is 0.255 e. The molecule has 14 heavy (non-hydrogen) atoms. The monoisotopic (exact) mass is 254 g/mol. The molecule has 0 aliphatic carbocycles. The SMILES string of the molecule is NC(=O)COc1nc(Cl)c(Cl)cc1Cl. The molecule has 0 spiro atoms. The van der Waals surface area contributed by atoms with E-state index in [9.17, 15) is 4.79 Å². The molecule has 1 aromatic heterocycles. The number of hydrogen-bond donors (Lipinski definition) is 1. The number of ether oxygens (including phenoxy) is 1. The molecular formula is C7H5Cl3N2O2. The van der Waals surface area contributed by atoms with Crippen LogP contribution in [0.5, 0.6) is 5.88 Å². The Balaban J connectivity index is 2.87. The maximum absolute atomic E-state index is 10.4. The molecule has 0 aromatic carbocycles. The van der Waals surface area contributed by atoms with Gasteiger partial charge in [-0.05, 0) is 6.07 Å². The van der Waals surface area contributed by atoms with E-state index in [4.69, 9.17) is 45.3 Å². The highest BCUT2D eigenvalue weighted by Gasteiger charge is 2.09. The second-order valence-corrected chi connectivity index (χ2v) is 3.48. The maximum Gasteiger partial charge on any atom is 0.255 e. The minimum Gasteiger partial charge on any atom is -0.466 e. The van der Waals surface area contributed by atoms with Gasteiger partial charge < -0.3 is 10.5 Å². The number of nitrogens with two attached hydrogens (primary N) is 1. The van der Waals surface area contributed by atoms with Gasteiger partial charge in [-0.25, -0.2) is 0 Å². The molecule has 0 aliphatic rings. The van der Waals surface area contributed by atoms with E-state index in [1.54, 1.807) is 0 Å². The van der Waals surface area contributed by atoms with Gasteiger partial charge in [0.15, 0.2) is 11.8 Å². The van der Waals surface area contributed by atoms with Crippen molar-refractivity contribution in [2.45, 2.75) is 0 Å². The summed E-state index contributed by atoms with van der Waals surface area (Å²) in [6.45, 7) is -0.315. The van der Waals surface area contributed by atoms with Gasteiger partial charge in [-0.3, -0.25) is 4.79 Å². The molecule has 4 nitrogen and oxygen atoms in total. The molecule has 7 heteroatoms. The van der Waals surface area contributed by atoms with Gasteiger partial charge in [0.05, 0.1) is 5.02 Å². The number of nitrogens with zero attached hydrogens (tertiary/aromatic N) is 1. The van der Waals surface area contributed by atoms with Crippen LogP contribution in [0.25, 0.3) is 0 Å². The van der Waals surface area contributed by atoms with E-state index in [2.05, 4.69) is 4.98 Å². The Morgan fingerprint density at radius 3 is 2.64 bits per heavy atom. The quantitative estimate of drug-likeness (QED) is 0.839. The highest BCUT2D eigenvalue weighted by atomic mass is 35.5. The van der Waals surface area contributed by atoms with Gasteiger partial charge in [-0.2, -0.15) is 4.98 Å². The highest BCUT2D eigenvalue weighted by molar-refractivity contribution is 6.42. The Hall–Kier alpha value is -0.710. The molecule has 0 atom stereocenters. The van der Waals surface area contributed by atoms with Gasteiger partial charge in [0.1, 0.15) is 5.02 Å². The van der Waals surface area contributed by atoms with Crippen LogP contribution in [0, 0.1) is 0 Å². The summed E-state index contributed by atoms with van der Waals surface area (Å²) in [7, 11) is 0. The van der Waals surface area contributed by atoms with E-state index in [1.807, 2.05) is 0 Å². The third-order valence-electron chi connectivity index (χ3n) is 1.21. The fraction of sp³-hybridized carbons (Fsp3) is 0.143. The maximum atomic E-state index is 10.4. The minimum atomic E-state index is -0.631. The molecule has 0 aliphatic heterocycles. The van der Waals surface area contributed by atoms with E-state index >= 15 is 0 Å². The van der Waals surface area contributed by atoms with E-state index in [0.717, 1.165) is 0 Å². The van der Waals surface area contributed by atoms with Crippen molar-refractivity contribution in [3.8, 4) is 5.88 Å². The summed E-state index contributed by atoms with van der Waals surface area (Å²) in [5.41, 5.74) is 4.86. The second kappa shape index (κ2) is 4.68. The van der Waals surface area contributed by atoms with Crippen LogP contribution < -0.4 is 10.5 Å². The number of primary amides is 1. The van der Waals surface area contributed by atoms with Crippen LogP contribution in [0.15, 0.2) is 6.07 Å². The van der Waals surface area contributed by atoms with Crippen LogP contribution in [0.4, 0.5) is 0 Å². The first-order valence-corrected chi connectivity index (χ1v) is 4.56. The zero-order valence-electron chi connectivity index (χ0n) is 6.76. The van der Waals surface area contributed by atoms with Crippen molar-refractivity contribution in [1.29, 1.82) is 0 Å². The molecule has 0 bridgehead atoms. The molecule has 0 saturated carbocycles. The number of carbonyl (C=O) groups is 1. The molecule has 1 heterocycles. The number of carbonyl (C=O) groups excluding carboxylic acids is 1. The normalized spacial score (nSPS) is 9.93. The Morgan fingerprint density at radius 2 is 2.07 bits per heavy atom. The summed E-state index contributed by atoms with van der Waals surface area (Å²) >= 11 is 16.9. The summed E-state index contributed by atoms with van der Waals surface area (Å²) in [6.07, 6.45) is 0. The van der Waals surface area contributed by atoms with Crippen molar-refractivity contribution in [2.75, 3.05) is 6.61 Å². The summed E-state index contributed by atoms with van der Waals surface area (Å²) in [4.78, 5) is 14.1.